The molecule has 0 bridgehead atoms. The van der Waals surface area contributed by atoms with Crippen LogP contribution in [0.3, 0.4) is 0 Å². The Balaban J connectivity index is 1.75. The van der Waals surface area contributed by atoms with Crippen molar-refractivity contribution >= 4 is 15.7 Å². The second-order valence-electron chi connectivity index (χ2n) is 5.78. The van der Waals surface area contributed by atoms with Gasteiger partial charge in [-0.1, -0.05) is 0 Å². The third-order valence-corrected chi connectivity index (χ3v) is 7.21. The van der Waals surface area contributed by atoms with Crippen LogP contribution in [0.25, 0.3) is 0 Å². The van der Waals surface area contributed by atoms with Crippen molar-refractivity contribution in [3.05, 3.63) is 24.3 Å². The largest absolute Gasteiger partial charge is 0.381 e. The number of carbonyl (C=O) groups excluding carboxylic acids is 1. The highest BCUT2D eigenvalue weighted by Gasteiger charge is 2.62. The molecule has 1 amide bonds. The molecular formula is C14H19N3O4S. The van der Waals surface area contributed by atoms with E-state index < -0.39 is 14.6 Å². The maximum atomic E-state index is 12.4. The van der Waals surface area contributed by atoms with Gasteiger partial charge in [-0.05, 0) is 13.3 Å². The van der Waals surface area contributed by atoms with Gasteiger partial charge in [0.2, 0.25) is 0 Å². The van der Waals surface area contributed by atoms with E-state index in [1.807, 2.05) is 6.92 Å². The number of rotatable bonds is 4. The van der Waals surface area contributed by atoms with Crippen molar-refractivity contribution in [2.45, 2.75) is 18.1 Å². The van der Waals surface area contributed by atoms with Crippen molar-refractivity contribution in [1.29, 1.82) is 0 Å². The first-order valence-electron chi connectivity index (χ1n) is 7.35. The van der Waals surface area contributed by atoms with E-state index in [0.717, 1.165) is 0 Å². The van der Waals surface area contributed by atoms with E-state index in [-0.39, 0.29) is 36.4 Å². The zero-order valence-electron chi connectivity index (χ0n) is 12.4. The summed E-state index contributed by atoms with van der Waals surface area (Å²) in [6, 6.07) is 0. The standard InChI is InChI=1S/C14H19N3O4S/c1-2-21-8-11-3-6-22(19,20)14(11)9-17(10-14)13(18)12-7-15-4-5-16-12/h4-5,7,11H,2-3,6,8-10H2,1H3/t11-/m1/s1. The van der Waals surface area contributed by atoms with Gasteiger partial charge in [-0.25, -0.2) is 13.4 Å². The predicted molar refractivity (Wildman–Crippen MR) is 79.1 cm³/mol. The van der Waals surface area contributed by atoms with Crippen LogP contribution in [0.15, 0.2) is 18.6 Å². The van der Waals surface area contributed by atoms with Crippen LogP contribution in [0.2, 0.25) is 0 Å². The van der Waals surface area contributed by atoms with Crippen LogP contribution >= 0.6 is 0 Å². The molecule has 22 heavy (non-hydrogen) atoms. The third kappa shape index (κ3) is 2.30. The first-order chi connectivity index (χ1) is 10.5. The van der Waals surface area contributed by atoms with Crippen LogP contribution in [0, 0.1) is 5.92 Å². The van der Waals surface area contributed by atoms with Gasteiger partial charge >= 0.3 is 0 Å². The van der Waals surface area contributed by atoms with E-state index >= 15 is 0 Å². The number of likely N-dealkylation sites (tertiary alicyclic amines) is 1. The molecule has 2 fully saturated rings. The molecule has 0 aliphatic carbocycles. The third-order valence-electron chi connectivity index (χ3n) is 4.61. The molecule has 0 unspecified atom stereocenters. The summed E-state index contributed by atoms with van der Waals surface area (Å²) in [5, 5.41) is 0. The Morgan fingerprint density at radius 3 is 2.86 bits per heavy atom. The monoisotopic (exact) mass is 325 g/mol. The van der Waals surface area contributed by atoms with Crippen LogP contribution in [0.5, 0.6) is 0 Å². The van der Waals surface area contributed by atoms with E-state index in [2.05, 4.69) is 9.97 Å². The lowest BCUT2D eigenvalue weighted by atomic mass is 9.83. The molecule has 120 valence electrons. The summed E-state index contributed by atoms with van der Waals surface area (Å²) in [5.41, 5.74) is 0.245. The maximum absolute atomic E-state index is 12.4. The van der Waals surface area contributed by atoms with Gasteiger partial charge in [-0.15, -0.1) is 0 Å². The highest BCUT2D eigenvalue weighted by atomic mass is 32.2. The number of sulfone groups is 1. The van der Waals surface area contributed by atoms with Crippen molar-refractivity contribution in [3.63, 3.8) is 0 Å². The lowest BCUT2D eigenvalue weighted by molar-refractivity contribution is 0.0266. The number of carbonyl (C=O) groups is 1. The van der Waals surface area contributed by atoms with Crippen LogP contribution < -0.4 is 0 Å². The Hall–Kier alpha value is -1.54. The number of ether oxygens (including phenoxy) is 1. The Morgan fingerprint density at radius 2 is 2.23 bits per heavy atom. The van der Waals surface area contributed by atoms with Crippen LogP contribution in [-0.2, 0) is 14.6 Å². The molecule has 0 N–H and O–H groups in total. The quantitative estimate of drug-likeness (QED) is 0.782. The molecule has 1 atom stereocenters. The van der Waals surface area contributed by atoms with Gasteiger partial charge in [0.05, 0.1) is 18.6 Å². The highest BCUT2D eigenvalue weighted by molar-refractivity contribution is 7.93. The van der Waals surface area contributed by atoms with E-state index in [9.17, 15) is 13.2 Å². The van der Waals surface area contributed by atoms with Gasteiger partial charge in [-0.2, -0.15) is 0 Å². The highest BCUT2D eigenvalue weighted by Crippen LogP contribution is 2.45. The van der Waals surface area contributed by atoms with Crippen molar-refractivity contribution in [2.75, 3.05) is 32.1 Å². The van der Waals surface area contributed by atoms with Crippen molar-refractivity contribution in [3.8, 4) is 0 Å². The normalized spacial score (nSPS) is 25.1. The molecule has 0 saturated carbocycles. The summed E-state index contributed by atoms with van der Waals surface area (Å²) >= 11 is 0. The van der Waals surface area contributed by atoms with Crippen LogP contribution in [0.1, 0.15) is 23.8 Å². The molecule has 3 heterocycles. The molecule has 1 spiro atoms. The number of aromatic nitrogens is 2. The number of nitrogens with zero attached hydrogens (tertiary/aromatic N) is 3. The first kappa shape index (κ1) is 15.4. The van der Waals surface area contributed by atoms with Gasteiger partial charge in [0.1, 0.15) is 10.4 Å². The van der Waals surface area contributed by atoms with Gasteiger partial charge in [0.15, 0.2) is 9.84 Å². The molecule has 2 aliphatic rings. The predicted octanol–water partition coefficient (Wildman–Crippen LogP) is 0.142. The van der Waals surface area contributed by atoms with Gasteiger partial charge < -0.3 is 9.64 Å². The summed E-state index contributed by atoms with van der Waals surface area (Å²) < 4.78 is 29.4. The van der Waals surface area contributed by atoms with Crippen molar-refractivity contribution in [1.82, 2.24) is 14.9 Å². The van der Waals surface area contributed by atoms with Crippen molar-refractivity contribution in [2.24, 2.45) is 5.92 Å². The zero-order chi connectivity index (χ0) is 15.8. The summed E-state index contributed by atoms with van der Waals surface area (Å²) in [6.45, 7) is 3.34. The van der Waals surface area contributed by atoms with Gasteiger partial charge in [0, 0.05) is 38.0 Å². The van der Waals surface area contributed by atoms with E-state index in [1.165, 1.54) is 23.5 Å². The number of hydrogen-bond acceptors (Lipinski definition) is 6. The molecule has 8 heteroatoms. The lowest BCUT2D eigenvalue weighted by Crippen LogP contribution is -2.68. The smallest absolute Gasteiger partial charge is 0.274 e. The topological polar surface area (TPSA) is 89.5 Å². The second kappa shape index (κ2) is 5.58. The average Bonchev–Trinajstić information content (AvgIpc) is 2.74. The minimum absolute atomic E-state index is 0.0386. The van der Waals surface area contributed by atoms with E-state index in [4.69, 9.17) is 4.74 Å². The van der Waals surface area contributed by atoms with Crippen LogP contribution in [0.4, 0.5) is 0 Å². The minimum Gasteiger partial charge on any atom is -0.381 e. The van der Waals surface area contributed by atoms with Gasteiger partial charge in [0.25, 0.3) is 5.91 Å². The van der Waals surface area contributed by atoms with Gasteiger partial charge in [-0.3, -0.25) is 9.78 Å². The lowest BCUT2D eigenvalue weighted by Gasteiger charge is -2.49. The fraction of sp³-hybridized carbons (Fsp3) is 0.643. The fourth-order valence-corrected chi connectivity index (χ4v) is 5.68. The number of hydrogen-bond donors (Lipinski definition) is 0. The molecule has 3 rings (SSSR count). The molecule has 0 aromatic carbocycles. The summed E-state index contributed by atoms with van der Waals surface area (Å²) in [6.07, 6.45) is 4.95. The number of amides is 1. The maximum Gasteiger partial charge on any atom is 0.274 e. The molecule has 2 saturated heterocycles. The summed E-state index contributed by atoms with van der Waals surface area (Å²) in [4.78, 5) is 21.7. The SMILES string of the molecule is CCOC[C@H]1CCS(=O)(=O)C12CN(C(=O)c1cnccn1)C2. The Bertz CT molecular complexity index is 656. The second-order valence-corrected chi connectivity index (χ2v) is 8.23. The zero-order valence-corrected chi connectivity index (χ0v) is 13.3. The Morgan fingerprint density at radius 1 is 1.45 bits per heavy atom. The molecule has 1 aromatic rings. The summed E-state index contributed by atoms with van der Waals surface area (Å²) in [5.74, 6) is -0.128. The Labute approximate surface area is 129 Å². The van der Waals surface area contributed by atoms with E-state index in [1.54, 1.807) is 0 Å². The molecular weight excluding hydrogens is 306 g/mol. The van der Waals surface area contributed by atoms with Crippen molar-refractivity contribution < 1.29 is 17.9 Å². The first-order valence-corrected chi connectivity index (χ1v) is 9.01. The molecule has 0 radical (unpaired) electrons. The molecule has 7 nitrogen and oxygen atoms in total. The van der Waals surface area contributed by atoms with E-state index in [0.29, 0.717) is 19.6 Å². The minimum atomic E-state index is -3.19. The molecule has 1 aromatic heterocycles. The fourth-order valence-electron chi connectivity index (χ4n) is 3.28. The Kier molecular flexibility index (Phi) is 3.90. The molecule has 2 aliphatic heterocycles. The van der Waals surface area contributed by atoms with Crippen LogP contribution in [-0.4, -0.2) is 66.0 Å². The summed E-state index contributed by atoms with van der Waals surface area (Å²) in [7, 11) is -3.19. The average molecular weight is 325 g/mol.